The summed E-state index contributed by atoms with van der Waals surface area (Å²) in [7, 11) is 3.74. The molecular formula is C12H23N7O. The highest BCUT2D eigenvalue weighted by atomic mass is 16.3. The maximum atomic E-state index is 10.1. The summed E-state index contributed by atoms with van der Waals surface area (Å²) >= 11 is 0. The van der Waals surface area contributed by atoms with Gasteiger partial charge in [0.05, 0.1) is 5.60 Å². The third-order valence-electron chi connectivity index (χ3n) is 3.49. The predicted molar refractivity (Wildman–Crippen MR) is 78.7 cm³/mol. The normalized spacial score (nSPS) is 23.4. The summed E-state index contributed by atoms with van der Waals surface area (Å²) in [4.78, 5) is 16.8. The lowest BCUT2D eigenvalue weighted by Crippen LogP contribution is -2.30. The van der Waals surface area contributed by atoms with E-state index in [0.717, 1.165) is 19.4 Å². The Bertz CT molecular complexity index is 463. The first-order valence-electron chi connectivity index (χ1n) is 6.79. The Balaban J connectivity index is 2.25. The Morgan fingerprint density at radius 1 is 1.25 bits per heavy atom. The van der Waals surface area contributed by atoms with Crippen LogP contribution in [0.4, 0.5) is 17.8 Å². The van der Waals surface area contributed by atoms with E-state index in [1.165, 1.54) is 0 Å². The van der Waals surface area contributed by atoms with Crippen LogP contribution in [0.15, 0.2) is 0 Å². The molecule has 1 atom stereocenters. The first kappa shape index (κ1) is 14.7. The quantitative estimate of drug-likeness (QED) is 0.524. The second-order valence-corrected chi connectivity index (χ2v) is 5.64. The molecule has 1 aromatic rings. The van der Waals surface area contributed by atoms with E-state index < -0.39 is 5.60 Å². The van der Waals surface area contributed by atoms with E-state index in [4.69, 9.17) is 5.84 Å². The zero-order chi connectivity index (χ0) is 14.8. The van der Waals surface area contributed by atoms with Gasteiger partial charge in [-0.15, -0.1) is 0 Å². The molecule has 0 bridgehead atoms. The van der Waals surface area contributed by atoms with Crippen molar-refractivity contribution in [3.05, 3.63) is 0 Å². The largest absolute Gasteiger partial charge is 0.390 e. The minimum Gasteiger partial charge on any atom is -0.390 e. The number of hydrogen-bond acceptors (Lipinski definition) is 8. The second kappa shape index (κ2) is 5.76. The molecule has 2 heterocycles. The van der Waals surface area contributed by atoms with Crippen molar-refractivity contribution in [2.45, 2.75) is 31.8 Å². The van der Waals surface area contributed by atoms with E-state index in [-0.39, 0.29) is 0 Å². The average molecular weight is 281 g/mol. The van der Waals surface area contributed by atoms with Crippen LogP contribution in [-0.2, 0) is 0 Å². The Kier molecular flexibility index (Phi) is 4.24. The molecule has 0 saturated carbocycles. The SMILES string of the molecule is CN(C)c1nc(NN)nc(N2CCCC(C)(O)CC2)n1. The van der Waals surface area contributed by atoms with Crippen molar-refractivity contribution in [1.29, 1.82) is 0 Å². The number of rotatable bonds is 3. The number of nitrogens with one attached hydrogen (secondary N) is 1. The maximum Gasteiger partial charge on any atom is 0.243 e. The molecule has 4 N–H and O–H groups in total. The van der Waals surface area contributed by atoms with Crippen LogP contribution >= 0.6 is 0 Å². The molecule has 0 aromatic carbocycles. The van der Waals surface area contributed by atoms with Gasteiger partial charge in [0, 0.05) is 27.2 Å². The number of hydrogen-bond donors (Lipinski definition) is 3. The zero-order valence-corrected chi connectivity index (χ0v) is 12.3. The summed E-state index contributed by atoms with van der Waals surface area (Å²) in [6, 6.07) is 0. The lowest BCUT2D eigenvalue weighted by atomic mass is 9.98. The van der Waals surface area contributed by atoms with E-state index in [2.05, 4.69) is 25.3 Å². The van der Waals surface area contributed by atoms with Crippen LogP contribution in [0.1, 0.15) is 26.2 Å². The van der Waals surface area contributed by atoms with Gasteiger partial charge in [0.1, 0.15) is 0 Å². The number of hydrazine groups is 1. The third kappa shape index (κ3) is 3.45. The number of aliphatic hydroxyl groups is 1. The van der Waals surface area contributed by atoms with Gasteiger partial charge in [0.2, 0.25) is 17.8 Å². The monoisotopic (exact) mass is 281 g/mol. The van der Waals surface area contributed by atoms with Gasteiger partial charge in [0.15, 0.2) is 0 Å². The molecule has 8 heteroatoms. The molecular weight excluding hydrogens is 258 g/mol. The molecule has 0 aliphatic carbocycles. The third-order valence-corrected chi connectivity index (χ3v) is 3.49. The summed E-state index contributed by atoms with van der Waals surface area (Å²) in [6.45, 7) is 3.41. The van der Waals surface area contributed by atoms with Crippen molar-refractivity contribution in [2.24, 2.45) is 5.84 Å². The summed E-state index contributed by atoms with van der Waals surface area (Å²) in [5.41, 5.74) is 1.86. The van der Waals surface area contributed by atoms with Gasteiger partial charge in [-0.3, -0.25) is 5.43 Å². The first-order valence-corrected chi connectivity index (χ1v) is 6.79. The van der Waals surface area contributed by atoms with Gasteiger partial charge in [0.25, 0.3) is 0 Å². The smallest absolute Gasteiger partial charge is 0.243 e. The molecule has 112 valence electrons. The minimum absolute atomic E-state index is 0.342. The summed E-state index contributed by atoms with van der Waals surface area (Å²) in [6.07, 6.45) is 2.39. The Labute approximate surface area is 119 Å². The van der Waals surface area contributed by atoms with E-state index >= 15 is 0 Å². The fourth-order valence-corrected chi connectivity index (χ4v) is 2.22. The van der Waals surface area contributed by atoms with Crippen LogP contribution in [0.2, 0.25) is 0 Å². The summed E-state index contributed by atoms with van der Waals surface area (Å²) in [5, 5.41) is 10.1. The first-order chi connectivity index (χ1) is 9.41. The van der Waals surface area contributed by atoms with Gasteiger partial charge in [-0.2, -0.15) is 15.0 Å². The fourth-order valence-electron chi connectivity index (χ4n) is 2.22. The molecule has 1 aliphatic rings. The van der Waals surface area contributed by atoms with E-state index in [9.17, 15) is 5.11 Å². The minimum atomic E-state index is -0.610. The van der Waals surface area contributed by atoms with Crippen LogP contribution in [0.3, 0.4) is 0 Å². The van der Waals surface area contributed by atoms with Gasteiger partial charge >= 0.3 is 0 Å². The molecule has 1 aliphatic heterocycles. The number of nitrogens with two attached hydrogens (primary N) is 1. The van der Waals surface area contributed by atoms with Crippen molar-refractivity contribution in [3.63, 3.8) is 0 Å². The Morgan fingerprint density at radius 3 is 2.65 bits per heavy atom. The maximum absolute atomic E-state index is 10.1. The molecule has 0 spiro atoms. The summed E-state index contributed by atoms with van der Waals surface area (Å²) < 4.78 is 0. The average Bonchev–Trinajstić information content (AvgIpc) is 2.59. The van der Waals surface area contributed by atoms with E-state index in [1.807, 2.05) is 21.0 Å². The van der Waals surface area contributed by atoms with Crippen LogP contribution in [0.25, 0.3) is 0 Å². The molecule has 0 amide bonds. The van der Waals surface area contributed by atoms with Crippen LogP contribution in [0, 0.1) is 0 Å². The number of aromatic nitrogens is 3. The lowest BCUT2D eigenvalue weighted by molar-refractivity contribution is 0.0481. The van der Waals surface area contributed by atoms with Crippen LogP contribution in [-0.4, -0.2) is 52.8 Å². The van der Waals surface area contributed by atoms with Gasteiger partial charge in [-0.1, -0.05) is 0 Å². The molecule has 0 radical (unpaired) electrons. The molecule has 1 fully saturated rings. The predicted octanol–water partition coefficient (Wildman–Crippen LogP) is -0.0355. The van der Waals surface area contributed by atoms with Crippen molar-refractivity contribution < 1.29 is 5.11 Å². The number of nitrogen functional groups attached to an aromatic ring is 1. The highest BCUT2D eigenvalue weighted by Crippen LogP contribution is 2.24. The molecule has 1 unspecified atom stereocenters. The Hall–Kier alpha value is -1.67. The second-order valence-electron chi connectivity index (χ2n) is 5.64. The molecule has 20 heavy (non-hydrogen) atoms. The van der Waals surface area contributed by atoms with Crippen molar-refractivity contribution in [1.82, 2.24) is 15.0 Å². The van der Waals surface area contributed by atoms with Gasteiger partial charge in [-0.25, -0.2) is 5.84 Å². The molecule has 2 rings (SSSR count). The van der Waals surface area contributed by atoms with Crippen molar-refractivity contribution >= 4 is 17.8 Å². The van der Waals surface area contributed by atoms with Crippen molar-refractivity contribution in [2.75, 3.05) is 42.4 Å². The zero-order valence-electron chi connectivity index (χ0n) is 12.3. The van der Waals surface area contributed by atoms with Crippen LogP contribution < -0.4 is 21.1 Å². The number of anilines is 3. The highest BCUT2D eigenvalue weighted by Gasteiger charge is 2.26. The topological polar surface area (TPSA) is 103 Å². The molecule has 8 nitrogen and oxygen atoms in total. The standard InChI is InChI=1S/C12H23N7O/c1-12(20)5-4-7-19(8-6-12)11-15-9(17-13)14-10(16-11)18(2)3/h20H,4-8,13H2,1-3H3,(H,14,15,16,17). The molecule has 1 aromatic heterocycles. The summed E-state index contributed by atoms with van der Waals surface area (Å²) in [5.74, 6) is 6.90. The van der Waals surface area contributed by atoms with E-state index in [1.54, 1.807) is 4.90 Å². The fraction of sp³-hybridized carbons (Fsp3) is 0.750. The van der Waals surface area contributed by atoms with Crippen LogP contribution in [0.5, 0.6) is 0 Å². The van der Waals surface area contributed by atoms with Gasteiger partial charge in [-0.05, 0) is 26.2 Å². The van der Waals surface area contributed by atoms with E-state index in [0.29, 0.717) is 30.8 Å². The van der Waals surface area contributed by atoms with Gasteiger partial charge < -0.3 is 14.9 Å². The number of nitrogens with zero attached hydrogens (tertiary/aromatic N) is 5. The molecule has 1 saturated heterocycles. The highest BCUT2D eigenvalue weighted by molar-refractivity contribution is 5.44. The van der Waals surface area contributed by atoms with Crippen molar-refractivity contribution in [3.8, 4) is 0 Å². The lowest BCUT2D eigenvalue weighted by Gasteiger charge is -2.23. The Morgan fingerprint density at radius 2 is 2.00 bits per heavy atom.